The van der Waals surface area contributed by atoms with Crippen molar-refractivity contribution >= 4 is 0 Å². The van der Waals surface area contributed by atoms with Gasteiger partial charge in [0.05, 0.1) is 0 Å². The summed E-state index contributed by atoms with van der Waals surface area (Å²) in [5.41, 5.74) is 8.37. The molecule has 90 valence electrons. The molecule has 0 fully saturated rings. The van der Waals surface area contributed by atoms with Gasteiger partial charge in [0.25, 0.3) is 0 Å². The van der Waals surface area contributed by atoms with Crippen molar-refractivity contribution in [2.24, 2.45) is 5.73 Å². The van der Waals surface area contributed by atoms with Gasteiger partial charge in [0.15, 0.2) is 0 Å². The zero-order valence-corrected chi connectivity index (χ0v) is 10.6. The fourth-order valence-corrected chi connectivity index (χ4v) is 1.90. The van der Waals surface area contributed by atoms with Gasteiger partial charge in [-0.25, -0.2) is 0 Å². The summed E-state index contributed by atoms with van der Waals surface area (Å²) in [7, 11) is 0. The molecular weight excluding hydrogens is 196 g/mol. The molecule has 1 aromatic rings. The van der Waals surface area contributed by atoms with E-state index in [1.54, 1.807) is 0 Å². The topological polar surface area (TPSA) is 29.3 Å². The van der Waals surface area contributed by atoms with Crippen molar-refractivity contribution in [1.82, 2.24) is 4.90 Å². The van der Waals surface area contributed by atoms with Crippen LogP contribution in [0.3, 0.4) is 0 Å². The summed E-state index contributed by atoms with van der Waals surface area (Å²) in [6, 6.07) is 8.73. The minimum absolute atomic E-state index is 0.746. The predicted molar refractivity (Wildman–Crippen MR) is 70.4 cm³/mol. The van der Waals surface area contributed by atoms with Gasteiger partial charge in [-0.1, -0.05) is 43.2 Å². The predicted octanol–water partition coefficient (Wildman–Crippen LogP) is 2.56. The second-order valence-corrected chi connectivity index (χ2v) is 4.41. The number of aryl methyl sites for hydroxylation is 1. The van der Waals surface area contributed by atoms with Crippen molar-refractivity contribution in [3.05, 3.63) is 35.4 Å². The van der Waals surface area contributed by atoms with Gasteiger partial charge in [0.2, 0.25) is 0 Å². The van der Waals surface area contributed by atoms with Crippen LogP contribution >= 0.6 is 0 Å². The van der Waals surface area contributed by atoms with Crippen molar-refractivity contribution in [2.75, 3.05) is 19.6 Å². The Labute approximate surface area is 99.5 Å². The van der Waals surface area contributed by atoms with E-state index in [-0.39, 0.29) is 0 Å². The number of nitrogens with two attached hydrogens (primary N) is 1. The quantitative estimate of drug-likeness (QED) is 0.765. The highest BCUT2D eigenvalue weighted by Gasteiger charge is 2.04. The van der Waals surface area contributed by atoms with E-state index in [9.17, 15) is 0 Å². The monoisotopic (exact) mass is 220 g/mol. The first kappa shape index (κ1) is 13.2. The lowest BCUT2D eigenvalue weighted by atomic mass is 10.1. The van der Waals surface area contributed by atoms with Gasteiger partial charge in [-0.2, -0.15) is 0 Å². The summed E-state index contributed by atoms with van der Waals surface area (Å²) in [6.07, 6.45) is 2.50. The van der Waals surface area contributed by atoms with E-state index in [1.807, 2.05) is 0 Å². The minimum atomic E-state index is 0.746. The molecule has 1 aromatic carbocycles. The molecule has 0 saturated heterocycles. The Morgan fingerprint density at radius 1 is 1.25 bits per heavy atom. The normalized spacial score (nSPS) is 11.0. The minimum Gasteiger partial charge on any atom is -0.329 e. The Kier molecular flexibility index (Phi) is 6.12. The maximum Gasteiger partial charge on any atom is 0.0234 e. The van der Waals surface area contributed by atoms with Gasteiger partial charge in [-0.15, -0.1) is 0 Å². The largest absolute Gasteiger partial charge is 0.329 e. The average Bonchev–Trinajstić information content (AvgIpc) is 2.26. The number of hydrogen-bond acceptors (Lipinski definition) is 2. The standard InChI is InChI=1S/C14H24N2/c1-3-4-9-16(10-8-15)12-14-7-5-6-13(2)11-14/h5-7,11H,3-4,8-10,12,15H2,1-2H3. The maximum absolute atomic E-state index is 5.64. The lowest BCUT2D eigenvalue weighted by molar-refractivity contribution is 0.268. The van der Waals surface area contributed by atoms with Crippen molar-refractivity contribution in [2.45, 2.75) is 33.2 Å². The Morgan fingerprint density at radius 2 is 2.06 bits per heavy atom. The fourth-order valence-electron chi connectivity index (χ4n) is 1.90. The summed E-state index contributed by atoms with van der Waals surface area (Å²) in [5.74, 6) is 0. The van der Waals surface area contributed by atoms with Crippen molar-refractivity contribution < 1.29 is 0 Å². The van der Waals surface area contributed by atoms with Crippen LogP contribution in [0.15, 0.2) is 24.3 Å². The summed E-state index contributed by atoms with van der Waals surface area (Å²) in [6.45, 7) is 8.29. The molecule has 2 heteroatoms. The molecule has 16 heavy (non-hydrogen) atoms. The molecule has 0 heterocycles. The zero-order valence-electron chi connectivity index (χ0n) is 10.6. The Balaban J connectivity index is 2.52. The average molecular weight is 220 g/mol. The van der Waals surface area contributed by atoms with Crippen LogP contribution in [0.4, 0.5) is 0 Å². The molecule has 0 aliphatic heterocycles. The smallest absolute Gasteiger partial charge is 0.0234 e. The van der Waals surface area contributed by atoms with Crippen LogP contribution in [-0.2, 0) is 6.54 Å². The van der Waals surface area contributed by atoms with Crippen LogP contribution in [0, 0.1) is 6.92 Å². The second-order valence-electron chi connectivity index (χ2n) is 4.41. The first-order chi connectivity index (χ1) is 7.76. The molecule has 0 radical (unpaired) electrons. The number of unbranched alkanes of at least 4 members (excludes halogenated alkanes) is 1. The molecule has 0 spiro atoms. The van der Waals surface area contributed by atoms with E-state index in [0.29, 0.717) is 0 Å². The third kappa shape index (κ3) is 4.77. The van der Waals surface area contributed by atoms with E-state index in [0.717, 1.165) is 26.2 Å². The summed E-state index contributed by atoms with van der Waals surface area (Å²) in [5, 5.41) is 0. The second kappa shape index (κ2) is 7.42. The van der Waals surface area contributed by atoms with Gasteiger partial charge < -0.3 is 5.73 Å². The molecule has 0 unspecified atom stereocenters. The Bertz CT molecular complexity index is 297. The molecule has 0 aliphatic carbocycles. The van der Waals surface area contributed by atoms with Gasteiger partial charge >= 0.3 is 0 Å². The van der Waals surface area contributed by atoms with Crippen LogP contribution in [0.1, 0.15) is 30.9 Å². The van der Waals surface area contributed by atoms with E-state index >= 15 is 0 Å². The Morgan fingerprint density at radius 3 is 2.69 bits per heavy atom. The molecule has 0 aromatic heterocycles. The molecule has 0 saturated carbocycles. The van der Waals surface area contributed by atoms with Crippen molar-refractivity contribution in [3.8, 4) is 0 Å². The van der Waals surface area contributed by atoms with Crippen LogP contribution in [0.2, 0.25) is 0 Å². The van der Waals surface area contributed by atoms with Gasteiger partial charge in [0, 0.05) is 19.6 Å². The van der Waals surface area contributed by atoms with E-state index < -0.39 is 0 Å². The lowest BCUT2D eigenvalue weighted by Crippen LogP contribution is -2.30. The summed E-state index contributed by atoms with van der Waals surface area (Å²) < 4.78 is 0. The third-order valence-electron chi connectivity index (χ3n) is 2.76. The molecular formula is C14H24N2. The molecule has 0 aliphatic rings. The van der Waals surface area contributed by atoms with Crippen molar-refractivity contribution in [3.63, 3.8) is 0 Å². The Hall–Kier alpha value is -0.860. The van der Waals surface area contributed by atoms with Crippen molar-refractivity contribution in [1.29, 1.82) is 0 Å². The first-order valence-corrected chi connectivity index (χ1v) is 6.24. The van der Waals surface area contributed by atoms with Crippen LogP contribution in [0.5, 0.6) is 0 Å². The third-order valence-corrected chi connectivity index (χ3v) is 2.76. The number of rotatable bonds is 7. The van der Waals surface area contributed by atoms with Crippen LogP contribution in [-0.4, -0.2) is 24.5 Å². The highest BCUT2D eigenvalue weighted by molar-refractivity contribution is 5.22. The van der Waals surface area contributed by atoms with Gasteiger partial charge in [0.1, 0.15) is 0 Å². The summed E-state index contributed by atoms with van der Waals surface area (Å²) in [4.78, 5) is 2.44. The first-order valence-electron chi connectivity index (χ1n) is 6.24. The van der Waals surface area contributed by atoms with E-state index in [2.05, 4.69) is 43.0 Å². The van der Waals surface area contributed by atoms with Gasteiger partial charge in [-0.3, -0.25) is 4.90 Å². The molecule has 0 atom stereocenters. The molecule has 2 nitrogen and oxygen atoms in total. The number of hydrogen-bond donors (Lipinski definition) is 1. The van der Waals surface area contributed by atoms with Crippen LogP contribution < -0.4 is 5.73 Å². The number of nitrogens with zero attached hydrogens (tertiary/aromatic N) is 1. The summed E-state index contributed by atoms with van der Waals surface area (Å²) >= 11 is 0. The zero-order chi connectivity index (χ0) is 11.8. The molecule has 1 rings (SSSR count). The molecule has 2 N–H and O–H groups in total. The van der Waals surface area contributed by atoms with E-state index in [1.165, 1.54) is 24.0 Å². The molecule has 0 bridgehead atoms. The maximum atomic E-state index is 5.64. The number of benzene rings is 1. The highest BCUT2D eigenvalue weighted by atomic mass is 15.1. The SMILES string of the molecule is CCCCN(CCN)Cc1cccc(C)c1. The molecule has 0 amide bonds. The lowest BCUT2D eigenvalue weighted by Gasteiger charge is -2.21. The van der Waals surface area contributed by atoms with Gasteiger partial charge in [-0.05, 0) is 25.5 Å². The van der Waals surface area contributed by atoms with Crippen LogP contribution in [0.25, 0.3) is 0 Å². The fraction of sp³-hybridized carbons (Fsp3) is 0.571. The van der Waals surface area contributed by atoms with E-state index in [4.69, 9.17) is 5.73 Å². The highest BCUT2D eigenvalue weighted by Crippen LogP contribution is 2.08.